The lowest BCUT2D eigenvalue weighted by molar-refractivity contribution is -0.118. The van der Waals surface area contributed by atoms with Crippen LogP contribution in [0.15, 0.2) is 59.9 Å². The Hall–Kier alpha value is -2.95. The van der Waals surface area contributed by atoms with Gasteiger partial charge in [-0.15, -0.1) is 0 Å². The molecule has 1 aliphatic rings. The van der Waals surface area contributed by atoms with Gasteiger partial charge in [0.05, 0.1) is 11.6 Å². The van der Waals surface area contributed by atoms with E-state index >= 15 is 0 Å². The number of rotatable bonds is 6. The molecule has 0 aliphatic carbocycles. The van der Waals surface area contributed by atoms with Crippen molar-refractivity contribution in [2.45, 2.75) is 39.7 Å². The lowest BCUT2D eigenvalue weighted by Gasteiger charge is -2.27. The van der Waals surface area contributed by atoms with Gasteiger partial charge in [-0.25, -0.2) is 4.39 Å². The van der Waals surface area contributed by atoms with E-state index in [2.05, 4.69) is 0 Å². The Balaban J connectivity index is 2.11. The Kier molecular flexibility index (Phi) is 5.63. The van der Waals surface area contributed by atoms with Gasteiger partial charge in [-0.3, -0.25) is 14.5 Å². The van der Waals surface area contributed by atoms with Crippen molar-refractivity contribution in [2.75, 3.05) is 4.90 Å². The van der Waals surface area contributed by atoms with Gasteiger partial charge in [-0.2, -0.15) is 0 Å². The number of amides is 1. The summed E-state index contributed by atoms with van der Waals surface area (Å²) in [6, 6.07) is 12.3. The molecule has 1 N–H and O–H groups in total. The molecule has 0 saturated heterocycles. The summed E-state index contributed by atoms with van der Waals surface area (Å²) < 4.78 is 13.4. The predicted molar refractivity (Wildman–Crippen MR) is 107 cm³/mol. The molecule has 0 saturated carbocycles. The predicted octanol–water partition coefficient (Wildman–Crippen LogP) is 4.90. The second-order valence-electron chi connectivity index (χ2n) is 7.43. The number of hydrogen-bond donors (Lipinski definition) is 1. The van der Waals surface area contributed by atoms with Crippen LogP contribution in [-0.2, 0) is 16.0 Å². The molecule has 1 heterocycles. The first-order valence-electron chi connectivity index (χ1n) is 9.47. The molecule has 0 radical (unpaired) electrons. The summed E-state index contributed by atoms with van der Waals surface area (Å²) in [5.74, 6) is -1.75. The van der Waals surface area contributed by atoms with Crippen molar-refractivity contribution in [3.8, 4) is 0 Å². The number of hydrogen-bond acceptors (Lipinski definition) is 3. The smallest absolute Gasteiger partial charge is 0.294 e. The standard InChI is InChI=1S/C23H24FNO3/c1-4-15-5-11-18(12-6-15)25-21(16-7-9-17(24)10-8-16)20(22(27)23(25)28)19(26)13-14(2)3/h5-12,14,21,27H,4,13H2,1-3H3. The van der Waals surface area contributed by atoms with Gasteiger partial charge in [-0.1, -0.05) is 45.0 Å². The van der Waals surface area contributed by atoms with Gasteiger partial charge in [0.15, 0.2) is 11.5 Å². The monoisotopic (exact) mass is 381 g/mol. The van der Waals surface area contributed by atoms with Crippen LogP contribution in [0.25, 0.3) is 0 Å². The zero-order valence-electron chi connectivity index (χ0n) is 16.3. The van der Waals surface area contributed by atoms with Crippen LogP contribution < -0.4 is 4.90 Å². The summed E-state index contributed by atoms with van der Waals surface area (Å²) in [7, 11) is 0. The Labute approximate surface area is 164 Å². The number of anilines is 1. The Morgan fingerprint density at radius 2 is 1.71 bits per heavy atom. The van der Waals surface area contributed by atoms with E-state index in [9.17, 15) is 19.1 Å². The number of carbonyl (C=O) groups is 2. The third kappa shape index (κ3) is 3.70. The normalized spacial score (nSPS) is 17.0. The molecule has 1 aliphatic heterocycles. The molecule has 1 atom stereocenters. The van der Waals surface area contributed by atoms with Crippen LogP contribution >= 0.6 is 0 Å². The quantitative estimate of drug-likeness (QED) is 0.774. The van der Waals surface area contributed by atoms with E-state index in [0.717, 1.165) is 12.0 Å². The molecular formula is C23H24FNO3. The fraction of sp³-hybridized carbons (Fsp3) is 0.304. The third-order valence-corrected chi connectivity index (χ3v) is 4.91. The van der Waals surface area contributed by atoms with E-state index in [1.165, 1.54) is 17.0 Å². The first-order valence-corrected chi connectivity index (χ1v) is 9.47. The molecule has 3 rings (SSSR count). The van der Waals surface area contributed by atoms with Gasteiger partial charge in [0.25, 0.3) is 5.91 Å². The molecular weight excluding hydrogens is 357 g/mol. The molecule has 4 nitrogen and oxygen atoms in total. The summed E-state index contributed by atoms with van der Waals surface area (Å²) in [6.07, 6.45) is 1.07. The van der Waals surface area contributed by atoms with Crippen molar-refractivity contribution in [2.24, 2.45) is 5.92 Å². The van der Waals surface area contributed by atoms with Crippen molar-refractivity contribution >= 4 is 17.4 Å². The maximum atomic E-state index is 13.4. The molecule has 28 heavy (non-hydrogen) atoms. The van der Waals surface area contributed by atoms with Crippen molar-refractivity contribution in [1.82, 2.24) is 0 Å². The number of aliphatic hydroxyl groups is 1. The number of Topliss-reactive ketones (excluding diaryl/α,β-unsaturated/α-hetero) is 1. The number of aliphatic hydroxyl groups excluding tert-OH is 1. The van der Waals surface area contributed by atoms with Crippen LogP contribution in [0, 0.1) is 11.7 Å². The average Bonchev–Trinajstić information content (AvgIpc) is 2.93. The van der Waals surface area contributed by atoms with Crippen LogP contribution in [0.5, 0.6) is 0 Å². The zero-order valence-corrected chi connectivity index (χ0v) is 16.3. The molecule has 1 amide bonds. The van der Waals surface area contributed by atoms with Crippen molar-refractivity contribution < 1.29 is 19.1 Å². The second-order valence-corrected chi connectivity index (χ2v) is 7.43. The first kappa shape index (κ1) is 19.8. The lowest BCUT2D eigenvalue weighted by Crippen LogP contribution is -2.31. The number of benzene rings is 2. The van der Waals surface area contributed by atoms with E-state index in [0.29, 0.717) is 11.3 Å². The van der Waals surface area contributed by atoms with Crippen LogP contribution in [0.4, 0.5) is 10.1 Å². The number of ketones is 1. The zero-order chi connectivity index (χ0) is 20.4. The molecule has 0 bridgehead atoms. The molecule has 2 aromatic carbocycles. The number of carbonyl (C=O) groups excluding carboxylic acids is 2. The Morgan fingerprint density at radius 3 is 2.25 bits per heavy atom. The fourth-order valence-corrected chi connectivity index (χ4v) is 3.49. The molecule has 146 valence electrons. The van der Waals surface area contributed by atoms with Gasteiger partial charge < -0.3 is 5.11 Å². The van der Waals surface area contributed by atoms with Gasteiger partial charge in [0, 0.05) is 12.1 Å². The van der Waals surface area contributed by atoms with E-state index in [4.69, 9.17) is 0 Å². The van der Waals surface area contributed by atoms with Gasteiger partial charge >= 0.3 is 0 Å². The summed E-state index contributed by atoms with van der Waals surface area (Å²) in [6.45, 7) is 5.84. The van der Waals surface area contributed by atoms with E-state index in [1.807, 2.05) is 32.9 Å². The molecule has 5 heteroatoms. The molecule has 0 fully saturated rings. The molecule has 1 unspecified atom stereocenters. The summed E-state index contributed by atoms with van der Waals surface area (Å²) in [5, 5.41) is 10.6. The van der Waals surface area contributed by atoms with Crippen LogP contribution in [0.3, 0.4) is 0 Å². The second kappa shape index (κ2) is 7.97. The topological polar surface area (TPSA) is 57.6 Å². The number of nitrogens with zero attached hydrogens (tertiary/aromatic N) is 1. The largest absolute Gasteiger partial charge is 0.503 e. The lowest BCUT2D eigenvalue weighted by atomic mass is 9.92. The van der Waals surface area contributed by atoms with E-state index in [-0.39, 0.29) is 23.7 Å². The first-order chi connectivity index (χ1) is 13.3. The Morgan fingerprint density at radius 1 is 1.11 bits per heavy atom. The van der Waals surface area contributed by atoms with Crippen molar-refractivity contribution in [3.05, 3.63) is 76.8 Å². The van der Waals surface area contributed by atoms with Crippen LogP contribution in [-0.4, -0.2) is 16.8 Å². The number of aryl methyl sites for hydroxylation is 1. The highest BCUT2D eigenvalue weighted by Crippen LogP contribution is 2.41. The minimum absolute atomic E-state index is 0.0740. The highest BCUT2D eigenvalue weighted by atomic mass is 19.1. The summed E-state index contributed by atoms with van der Waals surface area (Å²) >= 11 is 0. The summed E-state index contributed by atoms with van der Waals surface area (Å²) in [5.41, 5.74) is 2.34. The third-order valence-electron chi connectivity index (χ3n) is 4.91. The van der Waals surface area contributed by atoms with Crippen molar-refractivity contribution in [1.29, 1.82) is 0 Å². The minimum atomic E-state index is -0.785. The average molecular weight is 381 g/mol. The van der Waals surface area contributed by atoms with Crippen molar-refractivity contribution in [3.63, 3.8) is 0 Å². The molecule has 0 spiro atoms. The SMILES string of the molecule is CCc1ccc(N2C(=O)C(O)=C(C(=O)CC(C)C)C2c2ccc(F)cc2)cc1. The number of halogens is 1. The maximum absolute atomic E-state index is 13.4. The molecule has 2 aromatic rings. The maximum Gasteiger partial charge on any atom is 0.294 e. The highest BCUT2D eigenvalue weighted by molar-refractivity contribution is 6.16. The van der Waals surface area contributed by atoms with E-state index < -0.39 is 23.5 Å². The van der Waals surface area contributed by atoms with E-state index in [1.54, 1.807) is 24.3 Å². The van der Waals surface area contributed by atoms with Crippen LogP contribution in [0.2, 0.25) is 0 Å². The fourth-order valence-electron chi connectivity index (χ4n) is 3.49. The Bertz CT molecular complexity index is 914. The molecule has 0 aromatic heterocycles. The highest BCUT2D eigenvalue weighted by Gasteiger charge is 2.44. The van der Waals surface area contributed by atoms with Gasteiger partial charge in [0.2, 0.25) is 0 Å². The van der Waals surface area contributed by atoms with Gasteiger partial charge in [-0.05, 0) is 47.7 Å². The van der Waals surface area contributed by atoms with Gasteiger partial charge in [0.1, 0.15) is 5.82 Å². The van der Waals surface area contributed by atoms with Crippen LogP contribution in [0.1, 0.15) is 44.4 Å². The summed E-state index contributed by atoms with van der Waals surface area (Å²) in [4.78, 5) is 27.2. The minimum Gasteiger partial charge on any atom is -0.503 e.